The summed E-state index contributed by atoms with van der Waals surface area (Å²) in [7, 11) is 0. The fraction of sp³-hybridized carbons (Fsp3) is 0.842. The Labute approximate surface area is 155 Å². The summed E-state index contributed by atoms with van der Waals surface area (Å²) in [5.74, 6) is 2.46. The molecule has 7 heteroatoms. The monoisotopic (exact) mass is 361 g/mol. The molecule has 1 aromatic rings. The molecule has 1 aliphatic carbocycles. The van der Waals surface area contributed by atoms with Gasteiger partial charge in [-0.3, -0.25) is 9.69 Å². The molecule has 1 aromatic heterocycles. The lowest BCUT2D eigenvalue weighted by Gasteiger charge is -2.37. The third kappa shape index (κ3) is 3.51. The van der Waals surface area contributed by atoms with Crippen LogP contribution in [0.15, 0.2) is 4.52 Å². The smallest absolute Gasteiger partial charge is 0.243 e. The van der Waals surface area contributed by atoms with E-state index in [4.69, 9.17) is 4.52 Å². The highest BCUT2D eigenvalue weighted by molar-refractivity contribution is 5.82. The zero-order chi connectivity index (χ0) is 18.1. The highest BCUT2D eigenvalue weighted by Gasteiger charge is 2.40. The molecule has 3 fully saturated rings. The molecule has 0 radical (unpaired) electrons. The average Bonchev–Trinajstić information content (AvgIpc) is 3.33. The lowest BCUT2D eigenvalue weighted by Crippen LogP contribution is -2.53. The van der Waals surface area contributed by atoms with Gasteiger partial charge in [0.15, 0.2) is 5.82 Å². The third-order valence-electron chi connectivity index (χ3n) is 6.49. The zero-order valence-corrected chi connectivity index (χ0v) is 16.0. The van der Waals surface area contributed by atoms with Crippen LogP contribution >= 0.6 is 0 Å². The first kappa shape index (κ1) is 17.9. The maximum atomic E-state index is 12.9. The molecule has 1 N–H and O–H groups in total. The number of hydrogen-bond donors (Lipinski definition) is 1. The number of carbonyl (C=O) groups is 1. The predicted molar refractivity (Wildman–Crippen MR) is 97.5 cm³/mol. The van der Waals surface area contributed by atoms with E-state index >= 15 is 0 Å². The molecule has 2 saturated heterocycles. The number of hydrogen-bond acceptors (Lipinski definition) is 6. The SMILES string of the molecule is CCc1noc(C(C)N2CCN(C(=O)C3CC4CCCCC4N3)CC2)n1. The van der Waals surface area contributed by atoms with Crippen LogP contribution in [0.1, 0.15) is 63.7 Å². The van der Waals surface area contributed by atoms with Gasteiger partial charge >= 0.3 is 0 Å². The van der Waals surface area contributed by atoms with Crippen LogP contribution in [0.25, 0.3) is 0 Å². The lowest BCUT2D eigenvalue weighted by atomic mass is 9.85. The van der Waals surface area contributed by atoms with E-state index in [9.17, 15) is 4.79 Å². The minimum absolute atomic E-state index is 0.0372. The van der Waals surface area contributed by atoms with Crippen molar-refractivity contribution in [2.75, 3.05) is 26.2 Å². The second-order valence-corrected chi connectivity index (χ2v) is 8.05. The van der Waals surface area contributed by atoms with E-state index in [2.05, 4.69) is 27.3 Å². The Morgan fingerprint density at radius 1 is 1.27 bits per heavy atom. The van der Waals surface area contributed by atoms with E-state index in [-0.39, 0.29) is 12.1 Å². The number of amides is 1. The Balaban J connectivity index is 1.29. The number of nitrogens with zero attached hydrogens (tertiary/aromatic N) is 4. The summed E-state index contributed by atoms with van der Waals surface area (Å²) in [6.07, 6.45) is 6.98. The molecule has 0 bridgehead atoms. The summed E-state index contributed by atoms with van der Waals surface area (Å²) in [5, 5.41) is 7.62. The Bertz CT molecular complexity index is 611. The largest absolute Gasteiger partial charge is 0.339 e. The lowest BCUT2D eigenvalue weighted by molar-refractivity contribution is -0.135. The Morgan fingerprint density at radius 3 is 2.73 bits per heavy atom. The molecule has 3 heterocycles. The van der Waals surface area contributed by atoms with Crippen LogP contribution in [0.2, 0.25) is 0 Å². The van der Waals surface area contributed by atoms with Crippen molar-refractivity contribution in [2.24, 2.45) is 5.92 Å². The molecule has 4 rings (SSSR count). The van der Waals surface area contributed by atoms with Crippen molar-refractivity contribution in [3.05, 3.63) is 11.7 Å². The zero-order valence-electron chi connectivity index (χ0n) is 16.0. The van der Waals surface area contributed by atoms with E-state index in [1.54, 1.807) is 0 Å². The number of fused-ring (bicyclic) bond motifs is 1. The molecule has 2 aliphatic heterocycles. The van der Waals surface area contributed by atoms with E-state index in [0.717, 1.165) is 44.8 Å². The average molecular weight is 361 g/mol. The maximum absolute atomic E-state index is 12.9. The predicted octanol–water partition coefficient (Wildman–Crippen LogP) is 1.76. The number of rotatable bonds is 4. The van der Waals surface area contributed by atoms with Crippen molar-refractivity contribution in [3.8, 4) is 0 Å². The van der Waals surface area contributed by atoms with Gasteiger partial charge in [0.05, 0.1) is 12.1 Å². The van der Waals surface area contributed by atoms with Crippen LogP contribution in [0, 0.1) is 5.92 Å². The minimum Gasteiger partial charge on any atom is -0.339 e. The van der Waals surface area contributed by atoms with Gasteiger partial charge in [0.25, 0.3) is 0 Å². The van der Waals surface area contributed by atoms with Gasteiger partial charge < -0.3 is 14.7 Å². The molecule has 7 nitrogen and oxygen atoms in total. The third-order valence-corrected chi connectivity index (χ3v) is 6.49. The van der Waals surface area contributed by atoms with E-state index in [1.807, 2.05) is 11.8 Å². The number of aryl methyl sites for hydroxylation is 1. The van der Waals surface area contributed by atoms with Crippen LogP contribution in [0.5, 0.6) is 0 Å². The summed E-state index contributed by atoms with van der Waals surface area (Å²) < 4.78 is 5.39. The molecule has 0 spiro atoms. The molecule has 0 aromatic carbocycles. The van der Waals surface area contributed by atoms with Gasteiger partial charge in [-0.1, -0.05) is 24.9 Å². The fourth-order valence-electron chi connectivity index (χ4n) is 4.80. The quantitative estimate of drug-likeness (QED) is 0.881. The van der Waals surface area contributed by atoms with Crippen LogP contribution < -0.4 is 5.32 Å². The summed E-state index contributed by atoms with van der Waals surface area (Å²) in [5.41, 5.74) is 0. The Morgan fingerprint density at radius 2 is 2.04 bits per heavy atom. The summed E-state index contributed by atoms with van der Waals surface area (Å²) >= 11 is 0. The van der Waals surface area contributed by atoms with Gasteiger partial charge in [-0.2, -0.15) is 4.98 Å². The van der Waals surface area contributed by atoms with Gasteiger partial charge in [0.2, 0.25) is 11.8 Å². The molecule has 26 heavy (non-hydrogen) atoms. The van der Waals surface area contributed by atoms with Gasteiger partial charge in [-0.15, -0.1) is 0 Å². The number of nitrogens with one attached hydrogen (secondary N) is 1. The standard InChI is InChI=1S/C19H31N5O2/c1-3-17-21-18(26-22-17)13(2)23-8-10-24(11-9-23)19(25)16-12-14-6-4-5-7-15(14)20-16/h13-16,20H,3-12H2,1-2H3. The first-order chi connectivity index (χ1) is 12.7. The van der Waals surface area contributed by atoms with E-state index < -0.39 is 0 Å². The van der Waals surface area contributed by atoms with Crippen LogP contribution in [0.3, 0.4) is 0 Å². The summed E-state index contributed by atoms with van der Waals surface area (Å²) in [6.45, 7) is 7.41. The molecule has 3 aliphatic rings. The van der Waals surface area contributed by atoms with Gasteiger partial charge in [-0.05, 0) is 32.1 Å². The van der Waals surface area contributed by atoms with Crippen molar-refractivity contribution in [3.63, 3.8) is 0 Å². The van der Waals surface area contributed by atoms with Crippen molar-refractivity contribution in [1.82, 2.24) is 25.3 Å². The van der Waals surface area contributed by atoms with Crippen LogP contribution in [0.4, 0.5) is 0 Å². The first-order valence-corrected chi connectivity index (χ1v) is 10.3. The molecule has 1 amide bonds. The van der Waals surface area contributed by atoms with Crippen LogP contribution in [-0.2, 0) is 11.2 Å². The Kier molecular flexibility index (Phi) is 5.27. The molecule has 4 unspecified atom stereocenters. The molecule has 144 valence electrons. The van der Waals surface area contributed by atoms with Crippen molar-refractivity contribution < 1.29 is 9.32 Å². The minimum atomic E-state index is 0.0372. The highest BCUT2D eigenvalue weighted by Crippen LogP contribution is 2.34. The molecular weight excluding hydrogens is 330 g/mol. The van der Waals surface area contributed by atoms with Gasteiger partial charge in [-0.25, -0.2) is 0 Å². The highest BCUT2D eigenvalue weighted by atomic mass is 16.5. The second-order valence-electron chi connectivity index (χ2n) is 8.05. The van der Waals surface area contributed by atoms with Gasteiger partial charge in [0, 0.05) is 38.6 Å². The second kappa shape index (κ2) is 7.64. The van der Waals surface area contributed by atoms with E-state index in [0.29, 0.717) is 23.8 Å². The number of piperazine rings is 1. The first-order valence-electron chi connectivity index (χ1n) is 10.3. The Hall–Kier alpha value is -1.47. The molecule has 1 saturated carbocycles. The molecular formula is C19H31N5O2. The number of carbonyl (C=O) groups excluding carboxylic acids is 1. The van der Waals surface area contributed by atoms with Crippen molar-refractivity contribution in [2.45, 2.75) is 70.5 Å². The summed E-state index contributed by atoms with van der Waals surface area (Å²) in [6, 6.07) is 0.715. The maximum Gasteiger partial charge on any atom is 0.243 e. The number of aromatic nitrogens is 2. The topological polar surface area (TPSA) is 74.5 Å². The summed E-state index contributed by atoms with van der Waals surface area (Å²) in [4.78, 5) is 21.8. The fourth-order valence-corrected chi connectivity index (χ4v) is 4.80. The normalized spacial score (nSPS) is 31.0. The van der Waals surface area contributed by atoms with Crippen molar-refractivity contribution in [1.29, 1.82) is 0 Å². The molecule has 4 atom stereocenters. The van der Waals surface area contributed by atoms with Crippen LogP contribution in [-0.4, -0.2) is 64.1 Å². The van der Waals surface area contributed by atoms with E-state index in [1.165, 1.54) is 25.7 Å². The van der Waals surface area contributed by atoms with Crippen molar-refractivity contribution >= 4 is 5.91 Å². The van der Waals surface area contributed by atoms with Gasteiger partial charge in [0.1, 0.15) is 0 Å².